The molecule has 0 aliphatic carbocycles. The molecule has 1 aliphatic rings. The number of hydrogen-bond donors (Lipinski definition) is 0. The molecule has 1 fully saturated rings. The first kappa shape index (κ1) is 16.8. The highest BCUT2D eigenvalue weighted by atomic mass is 16.6. The first-order valence-corrected chi connectivity index (χ1v) is 7.91. The van der Waals surface area contributed by atoms with Gasteiger partial charge in [-0.1, -0.05) is 5.16 Å². The molecule has 1 aliphatic heterocycles. The quantitative estimate of drug-likeness (QED) is 0.596. The van der Waals surface area contributed by atoms with Crippen LogP contribution in [0, 0.1) is 33.1 Å². The van der Waals surface area contributed by atoms with Crippen molar-refractivity contribution in [1.29, 1.82) is 0 Å². The van der Waals surface area contributed by atoms with Crippen LogP contribution in [0.15, 0.2) is 22.7 Å². The summed E-state index contributed by atoms with van der Waals surface area (Å²) in [6, 6.07) is 3.77. The van der Waals surface area contributed by atoms with Crippen molar-refractivity contribution in [3.8, 4) is 0 Å². The van der Waals surface area contributed by atoms with Gasteiger partial charge >= 0.3 is 0 Å². The van der Waals surface area contributed by atoms with Crippen LogP contribution in [-0.2, 0) is 6.42 Å². The number of piperidine rings is 1. The number of aryl methyl sites for hydroxylation is 1. The van der Waals surface area contributed by atoms with Crippen molar-refractivity contribution >= 4 is 17.1 Å². The Morgan fingerprint density at radius 3 is 2.76 bits per heavy atom. The number of nitro groups is 2. The second-order valence-electron chi connectivity index (χ2n) is 6.08. The third-order valence-electron chi connectivity index (χ3n) is 4.27. The van der Waals surface area contributed by atoms with Gasteiger partial charge in [-0.3, -0.25) is 20.2 Å². The molecule has 1 aromatic heterocycles. The number of nitro benzene ring substituents is 2. The summed E-state index contributed by atoms with van der Waals surface area (Å²) < 4.78 is 4.98. The SMILES string of the molecule is Cc1nc(CC2CCCN(c3ccc([N+](=O)[O-])cc3[N+](=O)[O-])C2)no1. The molecule has 1 saturated heterocycles. The summed E-state index contributed by atoms with van der Waals surface area (Å²) in [6.07, 6.45) is 2.47. The minimum absolute atomic E-state index is 0.237. The van der Waals surface area contributed by atoms with Gasteiger partial charge in [0.1, 0.15) is 5.69 Å². The van der Waals surface area contributed by atoms with Gasteiger partial charge in [-0.25, -0.2) is 0 Å². The van der Waals surface area contributed by atoms with Gasteiger partial charge in [0.25, 0.3) is 11.4 Å². The maximum atomic E-state index is 11.3. The lowest BCUT2D eigenvalue weighted by Crippen LogP contribution is -2.36. The van der Waals surface area contributed by atoms with Crippen molar-refractivity contribution in [1.82, 2.24) is 10.1 Å². The molecule has 0 radical (unpaired) electrons. The Balaban J connectivity index is 1.80. The zero-order valence-electron chi connectivity index (χ0n) is 13.6. The Hall–Kier alpha value is -3.04. The summed E-state index contributed by atoms with van der Waals surface area (Å²) in [5.74, 6) is 1.37. The van der Waals surface area contributed by atoms with Crippen molar-refractivity contribution in [3.05, 3.63) is 50.1 Å². The van der Waals surface area contributed by atoms with E-state index in [0.29, 0.717) is 36.9 Å². The van der Waals surface area contributed by atoms with Gasteiger partial charge in [0, 0.05) is 32.5 Å². The van der Waals surface area contributed by atoms with E-state index in [2.05, 4.69) is 10.1 Å². The number of nitrogens with zero attached hydrogens (tertiary/aromatic N) is 5. The number of aromatic nitrogens is 2. The summed E-state index contributed by atoms with van der Waals surface area (Å²) in [7, 11) is 0. The Morgan fingerprint density at radius 1 is 1.32 bits per heavy atom. The van der Waals surface area contributed by atoms with Gasteiger partial charge in [0.2, 0.25) is 5.89 Å². The van der Waals surface area contributed by atoms with E-state index < -0.39 is 9.85 Å². The molecule has 1 unspecified atom stereocenters. The lowest BCUT2D eigenvalue weighted by Gasteiger charge is -2.33. The van der Waals surface area contributed by atoms with Crippen LogP contribution in [0.3, 0.4) is 0 Å². The highest BCUT2D eigenvalue weighted by molar-refractivity contribution is 5.67. The molecule has 2 heterocycles. The van der Waals surface area contributed by atoms with Crippen LogP contribution in [0.2, 0.25) is 0 Å². The van der Waals surface area contributed by atoms with E-state index in [9.17, 15) is 20.2 Å². The minimum atomic E-state index is -0.631. The molecule has 3 rings (SSSR count). The topological polar surface area (TPSA) is 128 Å². The third-order valence-corrected chi connectivity index (χ3v) is 4.27. The maximum Gasteiger partial charge on any atom is 0.299 e. The smallest absolute Gasteiger partial charge is 0.299 e. The Labute approximate surface area is 142 Å². The van der Waals surface area contributed by atoms with Gasteiger partial charge in [0.15, 0.2) is 5.82 Å². The van der Waals surface area contributed by atoms with Gasteiger partial charge < -0.3 is 9.42 Å². The highest BCUT2D eigenvalue weighted by Crippen LogP contribution is 2.34. The van der Waals surface area contributed by atoms with E-state index in [1.807, 2.05) is 4.90 Å². The average Bonchev–Trinajstić information content (AvgIpc) is 2.99. The number of hydrogen-bond acceptors (Lipinski definition) is 8. The number of non-ortho nitro benzene ring substituents is 1. The van der Waals surface area contributed by atoms with Gasteiger partial charge in [-0.15, -0.1) is 0 Å². The summed E-state index contributed by atoms with van der Waals surface area (Å²) in [5, 5.41) is 26.1. The van der Waals surface area contributed by atoms with Crippen LogP contribution in [0.4, 0.5) is 17.1 Å². The minimum Gasteiger partial charge on any atom is -0.366 e. The highest BCUT2D eigenvalue weighted by Gasteiger charge is 2.28. The number of rotatable bonds is 5. The Kier molecular flexibility index (Phi) is 4.59. The van der Waals surface area contributed by atoms with E-state index in [4.69, 9.17) is 4.52 Å². The van der Waals surface area contributed by atoms with Gasteiger partial charge in [-0.05, 0) is 24.8 Å². The van der Waals surface area contributed by atoms with Crippen LogP contribution in [0.5, 0.6) is 0 Å². The molecule has 0 spiro atoms. The Bertz CT molecular complexity index is 805. The molecule has 10 nitrogen and oxygen atoms in total. The second-order valence-corrected chi connectivity index (χ2v) is 6.08. The summed E-state index contributed by atoms with van der Waals surface area (Å²) in [5.41, 5.74) is -0.124. The van der Waals surface area contributed by atoms with Gasteiger partial charge in [-0.2, -0.15) is 4.98 Å². The molecule has 132 valence electrons. The molecule has 0 N–H and O–H groups in total. The first-order valence-electron chi connectivity index (χ1n) is 7.91. The predicted molar refractivity (Wildman–Crippen MR) is 87.4 cm³/mol. The molecule has 10 heteroatoms. The van der Waals surface area contributed by atoms with Crippen LogP contribution in [0.25, 0.3) is 0 Å². The van der Waals surface area contributed by atoms with Crippen LogP contribution >= 0.6 is 0 Å². The normalized spacial score (nSPS) is 17.5. The predicted octanol–water partition coefficient (Wildman–Crippen LogP) is 2.65. The fourth-order valence-electron chi connectivity index (χ4n) is 3.17. The molecular formula is C15H17N5O5. The lowest BCUT2D eigenvalue weighted by atomic mass is 9.94. The maximum absolute atomic E-state index is 11.3. The second kappa shape index (κ2) is 6.83. The van der Waals surface area contributed by atoms with Crippen molar-refractivity contribution in [2.75, 3.05) is 18.0 Å². The van der Waals surface area contributed by atoms with E-state index in [0.717, 1.165) is 18.9 Å². The monoisotopic (exact) mass is 347 g/mol. The zero-order valence-corrected chi connectivity index (χ0v) is 13.6. The number of anilines is 1. The molecule has 1 atom stereocenters. The Morgan fingerprint density at radius 2 is 2.12 bits per heavy atom. The fraction of sp³-hybridized carbons (Fsp3) is 0.467. The molecule has 0 bridgehead atoms. The molecule has 0 amide bonds. The van der Waals surface area contributed by atoms with Crippen molar-refractivity contribution in [2.45, 2.75) is 26.2 Å². The van der Waals surface area contributed by atoms with E-state index in [1.165, 1.54) is 12.1 Å². The number of benzene rings is 1. The molecular weight excluding hydrogens is 330 g/mol. The first-order chi connectivity index (χ1) is 11.9. The lowest BCUT2D eigenvalue weighted by molar-refractivity contribution is -0.393. The van der Waals surface area contributed by atoms with Crippen molar-refractivity contribution in [3.63, 3.8) is 0 Å². The van der Waals surface area contributed by atoms with E-state index in [-0.39, 0.29) is 17.3 Å². The summed E-state index contributed by atoms with van der Waals surface area (Å²) in [6.45, 7) is 3.00. The van der Waals surface area contributed by atoms with Crippen LogP contribution in [-0.4, -0.2) is 33.1 Å². The third kappa shape index (κ3) is 3.73. The fourth-order valence-corrected chi connectivity index (χ4v) is 3.17. The molecule has 1 aromatic carbocycles. The van der Waals surface area contributed by atoms with Crippen LogP contribution in [0.1, 0.15) is 24.6 Å². The van der Waals surface area contributed by atoms with E-state index >= 15 is 0 Å². The summed E-state index contributed by atoms with van der Waals surface area (Å²) in [4.78, 5) is 27.1. The van der Waals surface area contributed by atoms with Gasteiger partial charge in [0.05, 0.1) is 15.9 Å². The van der Waals surface area contributed by atoms with Crippen LogP contribution < -0.4 is 4.90 Å². The molecule has 25 heavy (non-hydrogen) atoms. The standard InChI is InChI=1S/C15H17N5O5/c1-10-16-15(17-25-10)7-11-3-2-6-18(9-11)13-5-4-12(19(21)22)8-14(13)20(23)24/h4-5,8,11H,2-3,6-7,9H2,1H3. The molecule has 0 saturated carbocycles. The zero-order chi connectivity index (χ0) is 18.0. The van der Waals surface area contributed by atoms with E-state index in [1.54, 1.807) is 6.92 Å². The largest absolute Gasteiger partial charge is 0.366 e. The molecule has 2 aromatic rings. The van der Waals surface area contributed by atoms with Crippen molar-refractivity contribution < 1.29 is 14.4 Å². The van der Waals surface area contributed by atoms with Crippen molar-refractivity contribution in [2.24, 2.45) is 5.92 Å². The average molecular weight is 347 g/mol. The summed E-state index contributed by atoms with van der Waals surface area (Å²) >= 11 is 0.